The monoisotopic (exact) mass is 274 g/mol. The fourth-order valence-corrected chi connectivity index (χ4v) is 3.10. The Labute approximate surface area is 121 Å². The van der Waals surface area contributed by atoms with Gasteiger partial charge >= 0.3 is 0 Å². The van der Waals surface area contributed by atoms with E-state index in [9.17, 15) is 0 Å². The number of ether oxygens (including phenoxy) is 1. The molecule has 1 fully saturated rings. The number of hydrogen-bond donors (Lipinski definition) is 2. The van der Waals surface area contributed by atoms with Gasteiger partial charge < -0.3 is 15.8 Å². The van der Waals surface area contributed by atoms with Crippen LogP contribution in [0, 0.1) is 5.92 Å². The van der Waals surface area contributed by atoms with Gasteiger partial charge in [0.1, 0.15) is 11.4 Å². The number of rotatable bonds is 6. The smallest absolute Gasteiger partial charge is 0.128 e. The molecule has 0 saturated heterocycles. The molecule has 3 N–H and O–H groups in total. The van der Waals surface area contributed by atoms with Crippen LogP contribution in [-0.4, -0.2) is 18.7 Å². The molecule has 3 rings (SSSR count). The van der Waals surface area contributed by atoms with E-state index in [4.69, 9.17) is 10.5 Å². The number of hydrogen-bond acceptors (Lipinski definition) is 3. The summed E-state index contributed by atoms with van der Waals surface area (Å²) in [4.78, 5) is 0. The minimum Gasteiger partial charge on any atom is -0.487 e. The van der Waals surface area contributed by atoms with Crippen molar-refractivity contribution in [3.05, 3.63) is 29.3 Å². The van der Waals surface area contributed by atoms with Gasteiger partial charge in [0.15, 0.2) is 0 Å². The van der Waals surface area contributed by atoms with Crippen LogP contribution in [0.4, 0.5) is 0 Å². The Morgan fingerprint density at radius 3 is 2.90 bits per heavy atom. The molecule has 3 nitrogen and oxygen atoms in total. The highest BCUT2D eigenvalue weighted by Crippen LogP contribution is 2.40. The number of benzene rings is 1. The zero-order valence-corrected chi connectivity index (χ0v) is 12.6. The lowest BCUT2D eigenvalue weighted by molar-refractivity contribution is 0.136. The molecule has 1 heterocycles. The van der Waals surface area contributed by atoms with Crippen LogP contribution in [-0.2, 0) is 6.42 Å². The van der Waals surface area contributed by atoms with Crippen molar-refractivity contribution in [1.82, 2.24) is 5.32 Å². The number of nitrogens with two attached hydrogens (primary N) is 1. The van der Waals surface area contributed by atoms with Crippen molar-refractivity contribution in [2.45, 2.75) is 51.2 Å². The van der Waals surface area contributed by atoms with E-state index in [1.54, 1.807) is 0 Å². The van der Waals surface area contributed by atoms with Crippen molar-refractivity contribution in [2.24, 2.45) is 11.7 Å². The highest BCUT2D eigenvalue weighted by Gasteiger charge is 2.33. The van der Waals surface area contributed by atoms with Crippen LogP contribution < -0.4 is 15.8 Å². The van der Waals surface area contributed by atoms with Crippen LogP contribution in [0.1, 0.15) is 50.3 Å². The molecule has 0 spiro atoms. The lowest BCUT2D eigenvalue weighted by Crippen LogP contribution is -2.30. The highest BCUT2D eigenvalue weighted by atomic mass is 16.5. The minimum absolute atomic E-state index is 0.0917. The van der Waals surface area contributed by atoms with E-state index in [1.807, 2.05) is 0 Å². The van der Waals surface area contributed by atoms with Gasteiger partial charge in [-0.05, 0) is 38.3 Å². The summed E-state index contributed by atoms with van der Waals surface area (Å²) in [5.41, 5.74) is 8.43. The van der Waals surface area contributed by atoms with Crippen molar-refractivity contribution in [2.75, 3.05) is 13.1 Å². The maximum atomic E-state index is 6.15. The Bertz CT molecular complexity index is 480. The predicted octanol–water partition coefficient (Wildman–Crippen LogP) is 2.79. The number of nitrogens with one attached hydrogen (secondary N) is 1. The minimum atomic E-state index is -0.0917. The molecular weight excluding hydrogens is 248 g/mol. The molecule has 3 heteroatoms. The third-order valence-electron chi connectivity index (χ3n) is 4.37. The summed E-state index contributed by atoms with van der Waals surface area (Å²) >= 11 is 0. The third-order valence-corrected chi connectivity index (χ3v) is 4.37. The van der Waals surface area contributed by atoms with Gasteiger partial charge in [0.25, 0.3) is 0 Å². The normalized spacial score (nSPS) is 21.4. The first-order chi connectivity index (χ1) is 9.59. The van der Waals surface area contributed by atoms with Crippen molar-refractivity contribution < 1.29 is 4.74 Å². The Kier molecular flexibility index (Phi) is 3.74. The van der Waals surface area contributed by atoms with Crippen molar-refractivity contribution in [1.29, 1.82) is 0 Å². The Morgan fingerprint density at radius 1 is 1.40 bits per heavy atom. The summed E-state index contributed by atoms with van der Waals surface area (Å²) in [5.74, 6) is 2.02. The average molecular weight is 274 g/mol. The van der Waals surface area contributed by atoms with E-state index >= 15 is 0 Å². The summed E-state index contributed by atoms with van der Waals surface area (Å²) in [6.07, 6.45) is 5.08. The lowest BCUT2D eigenvalue weighted by atomic mass is 9.98. The molecule has 1 saturated carbocycles. The molecule has 1 aliphatic heterocycles. The Balaban J connectivity index is 1.73. The first-order valence-electron chi connectivity index (χ1n) is 7.83. The maximum absolute atomic E-state index is 6.15. The zero-order valence-electron chi connectivity index (χ0n) is 12.6. The van der Waals surface area contributed by atoms with Crippen molar-refractivity contribution in [3.63, 3.8) is 0 Å². The quantitative estimate of drug-likeness (QED) is 0.838. The van der Waals surface area contributed by atoms with E-state index in [0.29, 0.717) is 6.54 Å². The Hall–Kier alpha value is -1.06. The fourth-order valence-electron chi connectivity index (χ4n) is 3.10. The molecule has 0 aromatic heterocycles. The number of para-hydroxylation sites is 1. The highest BCUT2D eigenvalue weighted by molar-refractivity contribution is 5.47. The summed E-state index contributed by atoms with van der Waals surface area (Å²) in [7, 11) is 0. The zero-order chi connectivity index (χ0) is 14.2. The van der Waals surface area contributed by atoms with Gasteiger partial charge in [-0.2, -0.15) is 0 Å². The molecular formula is C17H26N2O. The van der Waals surface area contributed by atoms with Crippen LogP contribution in [0.25, 0.3) is 0 Å². The van der Waals surface area contributed by atoms with Gasteiger partial charge in [-0.3, -0.25) is 0 Å². The van der Waals surface area contributed by atoms with Gasteiger partial charge in [0, 0.05) is 24.6 Å². The van der Waals surface area contributed by atoms with Crippen LogP contribution in [0.5, 0.6) is 5.75 Å². The topological polar surface area (TPSA) is 47.3 Å². The predicted molar refractivity (Wildman–Crippen MR) is 82.0 cm³/mol. The van der Waals surface area contributed by atoms with Gasteiger partial charge in [-0.15, -0.1) is 0 Å². The summed E-state index contributed by atoms with van der Waals surface area (Å²) in [6, 6.07) is 6.66. The molecule has 0 amide bonds. The second-order valence-corrected chi connectivity index (χ2v) is 6.85. The molecule has 1 aromatic carbocycles. The Morgan fingerprint density at radius 2 is 2.20 bits per heavy atom. The standard InChI is InChI=1S/C17H26N2O/c1-17(2)10-13-4-3-5-14(16(13)20-17)15(11-18)19-9-8-12-6-7-12/h3-5,12,15,19H,6-11,18H2,1-2H3. The molecule has 20 heavy (non-hydrogen) atoms. The molecule has 2 aliphatic rings. The molecule has 110 valence electrons. The van der Waals surface area contributed by atoms with Gasteiger partial charge in [-0.25, -0.2) is 0 Å². The van der Waals surface area contributed by atoms with Crippen LogP contribution in [0.15, 0.2) is 18.2 Å². The van der Waals surface area contributed by atoms with Crippen LogP contribution in [0.2, 0.25) is 0 Å². The largest absolute Gasteiger partial charge is 0.487 e. The first-order valence-corrected chi connectivity index (χ1v) is 7.83. The van der Waals surface area contributed by atoms with Gasteiger partial charge in [0.2, 0.25) is 0 Å². The SMILES string of the molecule is CC1(C)Cc2cccc(C(CN)NCCC3CC3)c2O1. The van der Waals surface area contributed by atoms with E-state index in [-0.39, 0.29) is 11.6 Å². The van der Waals surface area contributed by atoms with E-state index in [2.05, 4.69) is 37.4 Å². The van der Waals surface area contributed by atoms with Gasteiger partial charge in [0.05, 0.1) is 0 Å². The molecule has 1 atom stereocenters. The molecule has 1 aliphatic carbocycles. The van der Waals surface area contributed by atoms with Crippen molar-refractivity contribution >= 4 is 0 Å². The molecule has 1 unspecified atom stereocenters. The van der Waals surface area contributed by atoms with Gasteiger partial charge in [-0.1, -0.05) is 31.0 Å². The van der Waals surface area contributed by atoms with E-state index in [1.165, 1.54) is 30.4 Å². The van der Waals surface area contributed by atoms with E-state index in [0.717, 1.165) is 24.6 Å². The second-order valence-electron chi connectivity index (χ2n) is 6.85. The first kappa shape index (κ1) is 13.9. The molecule has 0 radical (unpaired) electrons. The fraction of sp³-hybridized carbons (Fsp3) is 0.647. The summed E-state index contributed by atoms with van der Waals surface area (Å²) < 4.78 is 6.15. The maximum Gasteiger partial charge on any atom is 0.128 e. The van der Waals surface area contributed by atoms with E-state index < -0.39 is 0 Å². The number of fused-ring (bicyclic) bond motifs is 1. The molecule has 1 aromatic rings. The second kappa shape index (κ2) is 5.38. The summed E-state index contributed by atoms with van der Waals surface area (Å²) in [6.45, 7) is 5.97. The lowest BCUT2D eigenvalue weighted by Gasteiger charge is -2.22. The van der Waals surface area contributed by atoms with Crippen molar-refractivity contribution in [3.8, 4) is 5.75 Å². The average Bonchev–Trinajstić information content (AvgIpc) is 3.15. The third kappa shape index (κ3) is 2.99. The molecule has 0 bridgehead atoms. The summed E-state index contributed by atoms with van der Waals surface area (Å²) in [5, 5.41) is 3.61. The van der Waals surface area contributed by atoms with Crippen LogP contribution >= 0.6 is 0 Å². The van der Waals surface area contributed by atoms with Crippen LogP contribution in [0.3, 0.4) is 0 Å².